The molecule has 10 fully saturated rings. The average Bonchev–Trinajstić information content (AvgIpc) is 3.16. The van der Waals surface area contributed by atoms with Gasteiger partial charge in [-0.25, -0.2) is 0 Å². The van der Waals surface area contributed by atoms with Gasteiger partial charge >= 0.3 is 0 Å². The second kappa shape index (κ2) is 16.5. The minimum atomic E-state index is -2.05. The van der Waals surface area contributed by atoms with Crippen LogP contribution in [0.2, 0.25) is 18.1 Å². The van der Waals surface area contributed by atoms with E-state index in [1.165, 1.54) is 93.7 Å². The van der Waals surface area contributed by atoms with Crippen LogP contribution in [0, 0.1) is 54.3 Å². The SMILES string of the molecule is C=C(C)[C@@H]1CCC(=O)C[C@H]1c1c(C)cc(C23CC4CC(CC(C4)C2)C3)cc1O[Si](C)(C)C(C)(C)C.C=C(C)[C@@H]1CC[C@@H](O)C[C@H]1c1c(O)cc(C23CC4CC(CC(C4)C2)C3)cc1O. The van der Waals surface area contributed by atoms with Crippen LogP contribution in [0.25, 0.3) is 0 Å². The highest BCUT2D eigenvalue weighted by Gasteiger charge is 2.54. The van der Waals surface area contributed by atoms with Crippen LogP contribution in [0.1, 0.15) is 190 Å². The fourth-order valence-corrected chi connectivity index (χ4v) is 17.3. The third-order valence-corrected chi connectivity index (χ3v) is 23.8. The number of aliphatic hydroxyl groups excluding tert-OH is 1. The number of aromatic hydroxyl groups is 2. The fourth-order valence-electron chi connectivity index (χ4n) is 16.3. The van der Waals surface area contributed by atoms with Gasteiger partial charge < -0.3 is 19.7 Å². The first-order valence-electron chi connectivity index (χ1n) is 25.5. The van der Waals surface area contributed by atoms with E-state index in [0.29, 0.717) is 41.9 Å². The number of phenolic OH excluding ortho intramolecular Hbond substituents is 2. The smallest absolute Gasteiger partial charge is 0.250 e. The molecule has 10 aliphatic rings. The Morgan fingerprint density at radius 2 is 1.11 bits per heavy atom. The van der Waals surface area contributed by atoms with Crippen LogP contribution in [0.4, 0.5) is 0 Å². The minimum Gasteiger partial charge on any atom is -0.543 e. The van der Waals surface area contributed by atoms with Crippen molar-refractivity contribution in [3.05, 3.63) is 76.4 Å². The number of Topliss-reactive ketones (excluding diaryl/α,β-unsaturated/α-hetero) is 1. The van der Waals surface area contributed by atoms with Gasteiger partial charge in [-0.3, -0.25) is 4.79 Å². The van der Waals surface area contributed by atoms with Crippen molar-refractivity contribution < 1.29 is 24.5 Å². The Kier molecular flexibility index (Phi) is 11.9. The van der Waals surface area contributed by atoms with Crippen LogP contribution in [-0.2, 0) is 15.6 Å². The Morgan fingerprint density at radius 3 is 1.56 bits per heavy atom. The lowest BCUT2D eigenvalue weighted by Gasteiger charge is -2.57. The summed E-state index contributed by atoms with van der Waals surface area (Å²) in [7, 11) is -2.05. The van der Waals surface area contributed by atoms with E-state index in [-0.39, 0.29) is 45.8 Å². The van der Waals surface area contributed by atoms with E-state index in [1.54, 1.807) is 5.56 Å². The van der Waals surface area contributed by atoms with E-state index in [2.05, 4.69) is 73.0 Å². The van der Waals surface area contributed by atoms with E-state index in [0.717, 1.165) is 71.7 Å². The van der Waals surface area contributed by atoms with Gasteiger partial charge in [0.05, 0.1) is 6.10 Å². The zero-order chi connectivity index (χ0) is 45.0. The van der Waals surface area contributed by atoms with Gasteiger partial charge in [-0.15, -0.1) is 0 Å². The quantitative estimate of drug-likeness (QED) is 0.182. The molecule has 8 bridgehead atoms. The van der Waals surface area contributed by atoms with Gasteiger partial charge in [-0.1, -0.05) is 51.1 Å². The maximum atomic E-state index is 12.7. The molecule has 3 N–H and O–H groups in total. The first kappa shape index (κ1) is 45.3. The summed E-state index contributed by atoms with van der Waals surface area (Å²) < 4.78 is 7.20. The van der Waals surface area contributed by atoms with E-state index < -0.39 is 8.32 Å². The van der Waals surface area contributed by atoms with Gasteiger partial charge in [0, 0.05) is 30.2 Å². The van der Waals surface area contributed by atoms with Gasteiger partial charge in [0.25, 0.3) is 0 Å². The minimum absolute atomic E-state index is 0.0633. The van der Waals surface area contributed by atoms with Crippen molar-refractivity contribution >= 4 is 14.1 Å². The van der Waals surface area contributed by atoms with Crippen molar-refractivity contribution in [1.82, 2.24) is 0 Å². The Bertz CT molecular complexity index is 2030. The van der Waals surface area contributed by atoms with Crippen molar-refractivity contribution in [3.8, 4) is 17.2 Å². The molecule has 0 aromatic heterocycles. The Hall–Kier alpha value is -2.83. The number of rotatable bonds is 8. The highest BCUT2D eigenvalue weighted by atomic mass is 28.4. The predicted molar refractivity (Wildman–Crippen MR) is 259 cm³/mol. The number of hydrogen-bond donors (Lipinski definition) is 3. The molecule has 0 unspecified atom stereocenters. The lowest BCUT2D eigenvalue weighted by molar-refractivity contribution is -0.121. The molecule has 63 heavy (non-hydrogen) atoms. The molecule has 0 heterocycles. The van der Waals surface area contributed by atoms with Crippen LogP contribution >= 0.6 is 0 Å². The lowest BCUT2D eigenvalue weighted by atomic mass is 9.48. The summed E-state index contributed by atoms with van der Waals surface area (Å²) >= 11 is 0. The largest absolute Gasteiger partial charge is 0.543 e. The molecule has 2 aromatic carbocycles. The maximum absolute atomic E-state index is 12.7. The van der Waals surface area contributed by atoms with E-state index >= 15 is 0 Å². The van der Waals surface area contributed by atoms with Crippen molar-refractivity contribution in [2.45, 2.75) is 204 Å². The Balaban J connectivity index is 0.000000164. The third kappa shape index (κ3) is 8.46. The Morgan fingerprint density at radius 1 is 0.667 bits per heavy atom. The standard InChI is InChI=1S/C32H48O2Si.C25H34O3/c1-20(2)27-10-9-26(33)16-28(27)30-21(3)11-25(15-29(30)34-35(7,8)31(4,5)6)32-17-22-12-23(18-32)14-24(13-22)19-32;1-14(2)20-4-3-19(26)10-21(20)24-22(27)8-18(9-23(24)28)25-11-15-5-16(12-25)7-17(6-15)13-25/h11,15,22-24,27-28H,1,9-10,12-14,16-19H2,2-8H3;8-9,15-17,19-21,26-28H,1,3-7,10-13H2,2H3/t22?,23?,24?,27-,28+,32?;15?,16?,17?,19-,20+,21-,25?/m01/s1. The van der Waals surface area contributed by atoms with Crippen molar-refractivity contribution in [1.29, 1.82) is 0 Å². The molecule has 0 amide bonds. The number of carbonyl (C=O) groups is 1. The molecule has 6 heteroatoms. The molecule has 0 aliphatic heterocycles. The van der Waals surface area contributed by atoms with E-state index in [4.69, 9.17) is 4.43 Å². The summed E-state index contributed by atoms with van der Waals surface area (Å²) in [5.74, 6) is 7.90. The molecule has 0 saturated heterocycles. The lowest BCUT2D eigenvalue weighted by Crippen LogP contribution is -2.48. The van der Waals surface area contributed by atoms with Gasteiger partial charge in [-0.05, 0) is 240 Å². The van der Waals surface area contributed by atoms with Gasteiger partial charge in [0.2, 0.25) is 8.32 Å². The molecule has 344 valence electrons. The predicted octanol–water partition coefficient (Wildman–Crippen LogP) is 14.3. The maximum Gasteiger partial charge on any atom is 0.250 e. The molecule has 2 aromatic rings. The van der Waals surface area contributed by atoms with E-state index in [1.807, 2.05) is 19.1 Å². The third-order valence-electron chi connectivity index (χ3n) is 19.5. The zero-order valence-electron chi connectivity index (χ0n) is 40.5. The van der Waals surface area contributed by atoms with Crippen LogP contribution in [0.3, 0.4) is 0 Å². The summed E-state index contributed by atoms with van der Waals surface area (Å²) in [6.45, 7) is 26.7. The normalized spacial score (nSPS) is 38.0. The van der Waals surface area contributed by atoms with Crippen molar-refractivity contribution in [3.63, 3.8) is 0 Å². The highest BCUT2D eigenvalue weighted by molar-refractivity contribution is 6.74. The van der Waals surface area contributed by atoms with E-state index in [9.17, 15) is 20.1 Å². The van der Waals surface area contributed by atoms with Crippen LogP contribution in [-0.4, -0.2) is 35.5 Å². The van der Waals surface area contributed by atoms with Crippen molar-refractivity contribution in [2.24, 2.45) is 47.3 Å². The molecule has 0 radical (unpaired) electrons. The first-order valence-corrected chi connectivity index (χ1v) is 28.4. The molecule has 10 saturated carbocycles. The van der Waals surface area contributed by atoms with Crippen LogP contribution in [0.15, 0.2) is 48.6 Å². The van der Waals surface area contributed by atoms with Gasteiger partial charge in [-0.2, -0.15) is 0 Å². The monoisotopic (exact) mass is 875 g/mol. The summed E-state index contributed by atoms with van der Waals surface area (Å²) in [5.41, 5.74) is 8.75. The van der Waals surface area contributed by atoms with Gasteiger partial charge in [0.15, 0.2) is 0 Å². The number of phenols is 2. The van der Waals surface area contributed by atoms with Crippen LogP contribution in [0.5, 0.6) is 17.2 Å². The second-order valence-corrected chi connectivity index (χ2v) is 30.0. The molecular weight excluding hydrogens is 793 g/mol. The summed E-state index contributed by atoms with van der Waals surface area (Å²) in [6, 6.07) is 8.91. The molecule has 5 atom stereocenters. The molecule has 10 aliphatic carbocycles. The number of aryl methyl sites for hydroxylation is 1. The number of carbonyl (C=O) groups excluding carboxylic acids is 1. The first-order chi connectivity index (χ1) is 29.6. The number of allylic oxidation sites excluding steroid dienone is 2. The number of benzene rings is 2. The summed E-state index contributed by atoms with van der Waals surface area (Å²) in [4.78, 5) is 12.7. The zero-order valence-corrected chi connectivity index (χ0v) is 41.5. The number of aliphatic hydroxyl groups is 1. The van der Waals surface area contributed by atoms with Crippen LogP contribution < -0.4 is 4.43 Å². The summed E-state index contributed by atoms with van der Waals surface area (Å²) in [5, 5.41) is 32.4. The molecule has 5 nitrogen and oxygen atoms in total. The summed E-state index contributed by atoms with van der Waals surface area (Å²) in [6.07, 6.45) is 20.4. The molecule has 12 rings (SSSR count). The topological polar surface area (TPSA) is 87.0 Å². The Labute approximate surface area is 382 Å². The average molecular weight is 875 g/mol. The number of ketones is 1. The van der Waals surface area contributed by atoms with Crippen molar-refractivity contribution in [2.75, 3.05) is 0 Å². The molecule has 0 spiro atoms. The fraction of sp³-hybridized carbons (Fsp3) is 0.702. The highest BCUT2D eigenvalue weighted by Crippen LogP contribution is 2.63. The van der Waals surface area contributed by atoms with Gasteiger partial charge in [0.1, 0.15) is 23.0 Å². The second-order valence-electron chi connectivity index (χ2n) is 25.3. The number of hydrogen-bond acceptors (Lipinski definition) is 5. The molecular formula is C57H82O5Si.